The molecular formula is C20H27N5O3S. The number of anilines is 1. The molecule has 2 heterocycles. The fourth-order valence-corrected chi connectivity index (χ4v) is 4.15. The summed E-state index contributed by atoms with van der Waals surface area (Å²) in [5.41, 5.74) is 1.52. The highest BCUT2D eigenvalue weighted by Crippen LogP contribution is 2.20. The number of carbonyl (C=O) groups excluding carboxylic acids is 1. The first-order valence-corrected chi connectivity index (χ1v) is 11.2. The Hall–Kier alpha value is -2.49. The highest BCUT2D eigenvalue weighted by atomic mass is 32.2. The van der Waals surface area contributed by atoms with Crippen molar-refractivity contribution >= 4 is 21.7 Å². The SMILES string of the molecule is CCN1CCC[C@H]1CN(Cc1ccncc1)C(=O)Nc1ccc(S(N)(=O)=O)cc1. The van der Waals surface area contributed by atoms with E-state index in [4.69, 9.17) is 5.14 Å². The van der Waals surface area contributed by atoms with Crippen LogP contribution in [0.5, 0.6) is 0 Å². The zero-order valence-corrected chi connectivity index (χ0v) is 17.3. The van der Waals surface area contributed by atoms with Crippen molar-refractivity contribution in [2.75, 3.05) is 25.0 Å². The Balaban J connectivity index is 1.74. The molecule has 1 aromatic heterocycles. The van der Waals surface area contributed by atoms with Crippen LogP contribution in [0.1, 0.15) is 25.3 Å². The van der Waals surface area contributed by atoms with Crippen LogP contribution in [-0.4, -0.2) is 54.9 Å². The number of likely N-dealkylation sites (N-methyl/N-ethyl adjacent to an activating group) is 1. The van der Waals surface area contributed by atoms with E-state index in [0.717, 1.165) is 31.5 Å². The molecule has 1 atom stereocenters. The van der Waals surface area contributed by atoms with E-state index in [1.807, 2.05) is 12.1 Å². The second-order valence-corrected chi connectivity index (χ2v) is 8.72. The standard InChI is InChI=1S/C20H27N5O3S/c1-2-24-13-3-4-18(24)15-25(14-16-9-11-22-12-10-16)20(26)23-17-5-7-19(8-6-17)29(21,27)28/h5-12,18H,2-4,13-15H2,1H3,(H,23,26)(H2,21,27,28)/t18-/m0/s1. The lowest BCUT2D eigenvalue weighted by molar-refractivity contribution is 0.175. The number of hydrogen-bond donors (Lipinski definition) is 2. The van der Waals surface area contributed by atoms with Crippen molar-refractivity contribution in [3.05, 3.63) is 54.4 Å². The molecule has 0 spiro atoms. The Labute approximate surface area is 171 Å². The van der Waals surface area contributed by atoms with Gasteiger partial charge in [-0.3, -0.25) is 9.88 Å². The third kappa shape index (κ3) is 5.75. The van der Waals surface area contributed by atoms with E-state index >= 15 is 0 Å². The normalized spacial score (nSPS) is 17.2. The Bertz CT molecular complexity index is 919. The first kappa shape index (κ1) is 21.2. The maximum Gasteiger partial charge on any atom is 0.322 e. The molecule has 3 N–H and O–H groups in total. The van der Waals surface area contributed by atoms with Crippen LogP contribution in [0.4, 0.5) is 10.5 Å². The molecule has 0 unspecified atom stereocenters. The van der Waals surface area contributed by atoms with Gasteiger partial charge in [-0.15, -0.1) is 0 Å². The largest absolute Gasteiger partial charge is 0.322 e. The number of primary sulfonamides is 1. The van der Waals surface area contributed by atoms with Gasteiger partial charge < -0.3 is 10.2 Å². The molecule has 1 aromatic carbocycles. The smallest absolute Gasteiger partial charge is 0.319 e. The summed E-state index contributed by atoms with van der Waals surface area (Å²) in [4.78, 5) is 21.3. The fourth-order valence-electron chi connectivity index (χ4n) is 3.63. The van der Waals surface area contributed by atoms with E-state index in [0.29, 0.717) is 24.8 Å². The molecule has 1 fully saturated rings. The number of nitrogens with zero attached hydrogens (tertiary/aromatic N) is 3. The molecule has 156 valence electrons. The van der Waals surface area contributed by atoms with Gasteiger partial charge in [0.15, 0.2) is 0 Å². The van der Waals surface area contributed by atoms with E-state index in [1.165, 1.54) is 24.3 Å². The zero-order chi connectivity index (χ0) is 20.9. The molecule has 9 heteroatoms. The number of nitrogens with one attached hydrogen (secondary N) is 1. The zero-order valence-electron chi connectivity index (χ0n) is 16.5. The monoisotopic (exact) mass is 417 g/mol. The molecule has 0 saturated carbocycles. The number of carbonyl (C=O) groups is 1. The van der Waals surface area contributed by atoms with Crippen LogP contribution in [0.25, 0.3) is 0 Å². The fraction of sp³-hybridized carbons (Fsp3) is 0.400. The van der Waals surface area contributed by atoms with Crippen LogP contribution in [0.3, 0.4) is 0 Å². The Kier molecular flexibility index (Phi) is 6.83. The lowest BCUT2D eigenvalue weighted by atomic mass is 10.2. The molecule has 1 aliphatic rings. The number of benzene rings is 1. The molecule has 0 radical (unpaired) electrons. The van der Waals surface area contributed by atoms with Crippen molar-refractivity contribution in [3.8, 4) is 0 Å². The van der Waals surface area contributed by atoms with Gasteiger partial charge in [0.1, 0.15) is 0 Å². The van der Waals surface area contributed by atoms with Gasteiger partial charge in [0.2, 0.25) is 10.0 Å². The molecule has 29 heavy (non-hydrogen) atoms. The average Bonchev–Trinajstić information content (AvgIpc) is 3.15. The van der Waals surface area contributed by atoms with Gasteiger partial charge >= 0.3 is 6.03 Å². The van der Waals surface area contributed by atoms with Gasteiger partial charge in [0, 0.05) is 37.2 Å². The van der Waals surface area contributed by atoms with Crippen LogP contribution in [0.2, 0.25) is 0 Å². The molecule has 8 nitrogen and oxygen atoms in total. The van der Waals surface area contributed by atoms with E-state index in [-0.39, 0.29) is 10.9 Å². The summed E-state index contributed by atoms with van der Waals surface area (Å²) in [6, 6.07) is 9.74. The molecule has 0 aliphatic carbocycles. The summed E-state index contributed by atoms with van der Waals surface area (Å²) in [5.74, 6) is 0. The quantitative estimate of drug-likeness (QED) is 0.718. The van der Waals surface area contributed by atoms with Crippen molar-refractivity contribution < 1.29 is 13.2 Å². The summed E-state index contributed by atoms with van der Waals surface area (Å²) in [5, 5.41) is 7.99. The van der Waals surface area contributed by atoms with E-state index in [9.17, 15) is 13.2 Å². The second kappa shape index (κ2) is 9.34. The molecule has 2 aromatic rings. The summed E-state index contributed by atoms with van der Waals surface area (Å²) < 4.78 is 22.8. The average molecular weight is 418 g/mol. The minimum Gasteiger partial charge on any atom is -0.319 e. The first-order chi connectivity index (χ1) is 13.9. The highest BCUT2D eigenvalue weighted by molar-refractivity contribution is 7.89. The second-order valence-electron chi connectivity index (χ2n) is 7.16. The maximum absolute atomic E-state index is 13.0. The molecule has 1 saturated heterocycles. The lowest BCUT2D eigenvalue weighted by Crippen LogP contribution is -2.44. The number of nitrogens with two attached hydrogens (primary N) is 1. The van der Waals surface area contributed by atoms with Crippen LogP contribution in [0.15, 0.2) is 53.7 Å². The number of likely N-dealkylation sites (tertiary alicyclic amines) is 1. The van der Waals surface area contributed by atoms with Gasteiger partial charge in [-0.1, -0.05) is 6.92 Å². The third-order valence-corrected chi connectivity index (χ3v) is 6.11. The minimum atomic E-state index is -3.76. The van der Waals surface area contributed by atoms with Gasteiger partial charge in [0.25, 0.3) is 0 Å². The summed E-state index contributed by atoms with van der Waals surface area (Å²) in [6.07, 6.45) is 5.63. The number of pyridine rings is 1. The van der Waals surface area contributed by atoms with Crippen molar-refractivity contribution in [3.63, 3.8) is 0 Å². The summed E-state index contributed by atoms with van der Waals surface area (Å²) >= 11 is 0. The number of rotatable bonds is 7. The molecule has 0 bridgehead atoms. The Morgan fingerprint density at radius 1 is 1.24 bits per heavy atom. The number of amides is 2. The van der Waals surface area contributed by atoms with Crippen LogP contribution in [-0.2, 0) is 16.6 Å². The van der Waals surface area contributed by atoms with Crippen LogP contribution in [0, 0.1) is 0 Å². The lowest BCUT2D eigenvalue weighted by Gasteiger charge is -2.30. The predicted octanol–water partition coefficient (Wildman–Crippen LogP) is 2.25. The van der Waals surface area contributed by atoms with Gasteiger partial charge in [-0.25, -0.2) is 18.4 Å². The van der Waals surface area contributed by atoms with Gasteiger partial charge in [-0.2, -0.15) is 0 Å². The van der Waals surface area contributed by atoms with Gasteiger partial charge in [0.05, 0.1) is 4.90 Å². The molecule has 3 rings (SSSR count). The van der Waals surface area contributed by atoms with E-state index < -0.39 is 10.0 Å². The predicted molar refractivity (Wildman–Crippen MR) is 112 cm³/mol. The number of sulfonamides is 1. The summed E-state index contributed by atoms with van der Waals surface area (Å²) in [7, 11) is -3.76. The molecule has 2 amide bonds. The molecule has 1 aliphatic heterocycles. The van der Waals surface area contributed by atoms with Crippen molar-refractivity contribution in [2.45, 2.75) is 37.2 Å². The molecular weight excluding hydrogens is 390 g/mol. The number of hydrogen-bond acceptors (Lipinski definition) is 5. The topological polar surface area (TPSA) is 109 Å². The van der Waals surface area contributed by atoms with Crippen molar-refractivity contribution in [2.24, 2.45) is 5.14 Å². The maximum atomic E-state index is 13.0. The third-order valence-electron chi connectivity index (χ3n) is 5.18. The Morgan fingerprint density at radius 3 is 2.55 bits per heavy atom. The van der Waals surface area contributed by atoms with Crippen molar-refractivity contribution in [1.29, 1.82) is 0 Å². The first-order valence-electron chi connectivity index (χ1n) is 9.68. The van der Waals surface area contributed by atoms with E-state index in [2.05, 4.69) is 22.1 Å². The number of aromatic nitrogens is 1. The minimum absolute atomic E-state index is 0.00804. The van der Waals surface area contributed by atoms with E-state index in [1.54, 1.807) is 17.3 Å². The van der Waals surface area contributed by atoms with Gasteiger partial charge in [-0.05, 0) is 67.9 Å². The number of urea groups is 1. The highest BCUT2D eigenvalue weighted by Gasteiger charge is 2.27. The Morgan fingerprint density at radius 2 is 1.93 bits per heavy atom. The van der Waals surface area contributed by atoms with Crippen molar-refractivity contribution in [1.82, 2.24) is 14.8 Å². The van der Waals surface area contributed by atoms with Crippen LogP contribution >= 0.6 is 0 Å². The summed E-state index contributed by atoms with van der Waals surface area (Å²) in [6.45, 7) is 5.25. The van der Waals surface area contributed by atoms with Crippen LogP contribution < -0.4 is 10.5 Å².